The predicted octanol–water partition coefficient (Wildman–Crippen LogP) is 4.68. The van der Waals surface area contributed by atoms with E-state index in [0.29, 0.717) is 14.7 Å². The zero-order valence-electron chi connectivity index (χ0n) is 20.5. The summed E-state index contributed by atoms with van der Waals surface area (Å²) in [7, 11) is 0. The highest BCUT2D eigenvalue weighted by atomic mass is 127. The van der Waals surface area contributed by atoms with Crippen LogP contribution in [0, 0.1) is 3.57 Å². The van der Waals surface area contributed by atoms with Gasteiger partial charge in [0.15, 0.2) is 25.5 Å². The lowest BCUT2D eigenvalue weighted by Crippen LogP contribution is -2.36. The van der Waals surface area contributed by atoms with Gasteiger partial charge in [0.2, 0.25) is 0 Å². The van der Waals surface area contributed by atoms with Crippen molar-refractivity contribution in [1.82, 2.24) is 9.80 Å². The van der Waals surface area contributed by atoms with Crippen molar-refractivity contribution in [2.45, 2.75) is 25.3 Å². The number of rotatable bonds is 6. The van der Waals surface area contributed by atoms with Gasteiger partial charge in [0.25, 0.3) is 0 Å². The van der Waals surface area contributed by atoms with Crippen LogP contribution in [0.2, 0.25) is 0 Å². The second kappa shape index (κ2) is 11.7. The molecule has 0 bridgehead atoms. The van der Waals surface area contributed by atoms with E-state index in [2.05, 4.69) is 0 Å². The number of amides is 2. The summed E-state index contributed by atoms with van der Waals surface area (Å²) in [6.45, 7) is -0.627. The van der Waals surface area contributed by atoms with Gasteiger partial charge >= 0.3 is 24.1 Å². The van der Waals surface area contributed by atoms with E-state index >= 15 is 0 Å². The van der Waals surface area contributed by atoms with Crippen LogP contribution in [0.3, 0.4) is 0 Å². The van der Waals surface area contributed by atoms with Gasteiger partial charge in [-0.2, -0.15) is 0 Å². The van der Waals surface area contributed by atoms with Crippen molar-refractivity contribution in [2.24, 2.45) is 0 Å². The zero-order valence-corrected chi connectivity index (χ0v) is 22.7. The van der Waals surface area contributed by atoms with E-state index in [1.807, 2.05) is 83.3 Å². The number of halogens is 1. The van der Waals surface area contributed by atoms with E-state index < -0.39 is 36.2 Å². The summed E-state index contributed by atoms with van der Waals surface area (Å²) in [4.78, 5) is 54.2. The van der Waals surface area contributed by atoms with Crippen molar-refractivity contribution in [2.75, 3.05) is 13.5 Å². The Balaban J connectivity index is 1.40. The van der Waals surface area contributed by atoms with Crippen LogP contribution in [0.4, 0.5) is 9.59 Å². The maximum Gasteiger partial charge on any atom is 0.413 e. The Hall–Kier alpha value is -4.13. The van der Waals surface area contributed by atoms with Gasteiger partial charge in [0, 0.05) is 9.13 Å². The van der Waals surface area contributed by atoms with Gasteiger partial charge in [-0.3, -0.25) is 9.80 Å². The average Bonchev–Trinajstić information content (AvgIpc) is 3.53. The fourth-order valence-corrected chi connectivity index (χ4v) is 5.21. The van der Waals surface area contributed by atoms with Crippen LogP contribution in [0.1, 0.15) is 34.3 Å². The first-order valence-corrected chi connectivity index (χ1v) is 13.1. The first kappa shape index (κ1) is 26.5. The second-order valence-electron chi connectivity index (χ2n) is 8.75. The molecular formula is C28H23IN2O8. The molecule has 11 heteroatoms. The molecule has 0 saturated carbocycles. The van der Waals surface area contributed by atoms with Gasteiger partial charge in [-0.25, -0.2) is 19.2 Å². The third-order valence-electron chi connectivity index (χ3n) is 6.30. The maximum atomic E-state index is 13.0. The molecule has 2 amide bonds. The third-order valence-corrected chi connectivity index (χ3v) is 7.24. The van der Waals surface area contributed by atoms with E-state index in [-0.39, 0.29) is 26.7 Å². The molecule has 0 N–H and O–H groups in total. The van der Waals surface area contributed by atoms with Crippen LogP contribution in [0.5, 0.6) is 0 Å². The smallest absolute Gasteiger partial charge is 0.413 e. The highest BCUT2D eigenvalue weighted by Crippen LogP contribution is 2.40. The Morgan fingerprint density at radius 1 is 0.718 bits per heavy atom. The molecule has 2 heterocycles. The topological polar surface area (TPSA) is 112 Å². The lowest BCUT2D eigenvalue weighted by molar-refractivity contribution is -0.140. The normalized spacial score (nSPS) is 18.5. The van der Waals surface area contributed by atoms with E-state index in [4.69, 9.17) is 18.9 Å². The van der Waals surface area contributed by atoms with Crippen molar-refractivity contribution in [3.63, 3.8) is 0 Å². The molecule has 10 nitrogen and oxygen atoms in total. The van der Waals surface area contributed by atoms with E-state index in [0.717, 1.165) is 20.9 Å². The maximum absolute atomic E-state index is 13.0. The fourth-order valence-electron chi connectivity index (χ4n) is 4.40. The lowest BCUT2D eigenvalue weighted by Gasteiger charge is -2.26. The molecular weight excluding hydrogens is 619 g/mol. The number of esters is 2. The molecule has 3 aromatic rings. The summed E-state index contributed by atoms with van der Waals surface area (Å²) in [5.41, 5.74) is 2.23. The molecule has 200 valence electrons. The number of ether oxygens (including phenoxy) is 4. The fraction of sp³-hybridized carbons (Fsp3) is 0.214. The molecule has 0 spiro atoms. The first-order valence-electron chi connectivity index (χ1n) is 12.0. The van der Waals surface area contributed by atoms with Crippen molar-refractivity contribution in [3.8, 4) is 0 Å². The Labute approximate surface area is 237 Å². The molecule has 0 aromatic heterocycles. The Morgan fingerprint density at radius 3 is 1.74 bits per heavy atom. The summed E-state index contributed by atoms with van der Waals surface area (Å²) in [6, 6.07) is 20.9. The van der Waals surface area contributed by atoms with Gasteiger partial charge in [0.1, 0.15) is 13.2 Å². The standard InChI is InChI=1S/C28H23IN2O8/c29-21-13-7-12-20(23-25(32)38-16-30(23)27(34)36-14-18-8-3-1-4-9-18)22(21)24-26(33)39-17-31(24)28(35)37-15-19-10-5-2-6-11-19/h1-13,23-24H,14-17H2. The SMILES string of the molecule is O=C1OCN(C(=O)OCc2ccccc2)C1c1cccc(I)c1C1C(=O)OCN1C(=O)OCc1ccccc1. The van der Waals surface area contributed by atoms with Crippen LogP contribution in [-0.4, -0.2) is 47.4 Å². The van der Waals surface area contributed by atoms with Crippen LogP contribution in [0.15, 0.2) is 78.9 Å². The number of carbonyl (C=O) groups is 4. The van der Waals surface area contributed by atoms with Gasteiger partial charge in [0.05, 0.1) is 0 Å². The molecule has 0 aliphatic carbocycles. The van der Waals surface area contributed by atoms with Gasteiger partial charge in [-0.05, 0) is 45.3 Å². The molecule has 2 aliphatic heterocycles. The number of hydrogen-bond donors (Lipinski definition) is 0. The summed E-state index contributed by atoms with van der Waals surface area (Å²) in [5, 5.41) is 0. The number of carbonyl (C=O) groups excluding carboxylic acids is 4. The molecule has 2 atom stereocenters. The highest BCUT2D eigenvalue weighted by molar-refractivity contribution is 14.1. The zero-order chi connectivity index (χ0) is 27.4. The third kappa shape index (κ3) is 5.67. The second-order valence-corrected chi connectivity index (χ2v) is 9.91. The monoisotopic (exact) mass is 642 g/mol. The predicted molar refractivity (Wildman–Crippen MR) is 143 cm³/mol. The van der Waals surface area contributed by atoms with E-state index in [1.165, 1.54) is 0 Å². The minimum atomic E-state index is -1.19. The summed E-state index contributed by atoms with van der Waals surface area (Å²) >= 11 is 2.02. The largest absolute Gasteiger partial charge is 0.444 e. The van der Waals surface area contributed by atoms with Crippen molar-refractivity contribution >= 4 is 46.7 Å². The first-order chi connectivity index (χ1) is 18.9. The minimum absolute atomic E-state index is 0.00576. The van der Waals surface area contributed by atoms with Crippen LogP contribution in [-0.2, 0) is 41.8 Å². The average molecular weight is 642 g/mol. The Kier molecular flexibility index (Phi) is 7.96. The van der Waals surface area contributed by atoms with Crippen LogP contribution >= 0.6 is 22.6 Å². The van der Waals surface area contributed by atoms with Crippen molar-refractivity contribution in [3.05, 3.63) is 105 Å². The van der Waals surface area contributed by atoms with Crippen LogP contribution in [0.25, 0.3) is 0 Å². The van der Waals surface area contributed by atoms with Crippen LogP contribution < -0.4 is 0 Å². The van der Waals surface area contributed by atoms with Crippen molar-refractivity contribution in [1.29, 1.82) is 0 Å². The molecule has 39 heavy (non-hydrogen) atoms. The molecule has 2 unspecified atom stereocenters. The van der Waals surface area contributed by atoms with Crippen molar-refractivity contribution < 1.29 is 38.1 Å². The van der Waals surface area contributed by atoms with E-state index in [9.17, 15) is 19.2 Å². The molecule has 5 rings (SSSR count). The quantitative estimate of drug-likeness (QED) is 0.217. The number of hydrogen-bond acceptors (Lipinski definition) is 8. The molecule has 2 fully saturated rings. The number of benzene rings is 3. The number of cyclic esters (lactones) is 2. The lowest BCUT2D eigenvalue weighted by atomic mass is 9.94. The summed E-state index contributed by atoms with van der Waals surface area (Å²) in [5.74, 6) is -1.36. The molecule has 3 aromatic carbocycles. The number of nitrogens with zero attached hydrogens (tertiary/aromatic N) is 2. The summed E-state index contributed by atoms with van der Waals surface area (Å²) in [6.07, 6.45) is -1.51. The summed E-state index contributed by atoms with van der Waals surface area (Å²) < 4.78 is 21.9. The van der Waals surface area contributed by atoms with Gasteiger partial charge in [-0.1, -0.05) is 72.8 Å². The van der Waals surface area contributed by atoms with Gasteiger partial charge in [-0.15, -0.1) is 0 Å². The van der Waals surface area contributed by atoms with Gasteiger partial charge < -0.3 is 18.9 Å². The molecule has 2 saturated heterocycles. The minimum Gasteiger partial charge on any atom is -0.444 e. The highest BCUT2D eigenvalue weighted by Gasteiger charge is 2.47. The Morgan fingerprint density at radius 2 is 1.21 bits per heavy atom. The van der Waals surface area contributed by atoms with E-state index in [1.54, 1.807) is 18.2 Å². The Bertz CT molecular complexity index is 1380. The molecule has 0 radical (unpaired) electrons. The molecule has 2 aliphatic rings.